The van der Waals surface area contributed by atoms with Gasteiger partial charge in [0, 0.05) is 6.07 Å². The summed E-state index contributed by atoms with van der Waals surface area (Å²) in [4.78, 5) is 11.0. The van der Waals surface area contributed by atoms with Crippen molar-refractivity contribution in [1.82, 2.24) is 4.72 Å². The highest BCUT2D eigenvalue weighted by atomic mass is 32.2. The van der Waals surface area contributed by atoms with Crippen LogP contribution in [0.25, 0.3) is 0 Å². The van der Waals surface area contributed by atoms with E-state index < -0.39 is 39.1 Å². The quantitative estimate of drug-likeness (QED) is 0.842. The van der Waals surface area contributed by atoms with Crippen molar-refractivity contribution in [3.05, 3.63) is 53.6 Å². The van der Waals surface area contributed by atoms with Gasteiger partial charge >= 0.3 is 0 Å². The Morgan fingerprint density at radius 1 is 1.12 bits per heavy atom. The lowest BCUT2D eigenvalue weighted by Crippen LogP contribution is -2.34. The van der Waals surface area contributed by atoms with Crippen LogP contribution in [0.1, 0.15) is 5.56 Å². The number of nitrogens with one attached hydrogen (secondary N) is 1. The van der Waals surface area contributed by atoms with Crippen LogP contribution in [0, 0.1) is 18.6 Å². The molecule has 0 spiro atoms. The zero-order chi connectivity index (χ0) is 18.6. The molecule has 2 aromatic carbocycles. The summed E-state index contributed by atoms with van der Waals surface area (Å²) in [5.74, 6) is -2.64. The minimum absolute atomic E-state index is 0.244. The van der Waals surface area contributed by atoms with Crippen molar-refractivity contribution in [3.8, 4) is 11.5 Å². The maximum absolute atomic E-state index is 13.6. The van der Waals surface area contributed by atoms with Gasteiger partial charge in [-0.25, -0.2) is 21.9 Å². The number of amides is 1. The first-order chi connectivity index (χ1) is 11.7. The third-order valence-corrected chi connectivity index (χ3v) is 4.52. The second-order valence-electron chi connectivity index (χ2n) is 5.05. The van der Waals surface area contributed by atoms with Crippen LogP contribution in [-0.4, -0.2) is 28.0 Å². The predicted octanol–water partition coefficient (Wildman–Crippen LogP) is 2.17. The molecule has 0 aromatic heterocycles. The molecule has 2 aromatic rings. The third-order valence-electron chi connectivity index (χ3n) is 3.11. The van der Waals surface area contributed by atoms with Gasteiger partial charge in [-0.2, -0.15) is 0 Å². The van der Waals surface area contributed by atoms with Crippen LogP contribution in [0.4, 0.5) is 8.78 Å². The van der Waals surface area contributed by atoms with Gasteiger partial charge in [-0.3, -0.25) is 4.79 Å². The number of halogens is 2. The first-order valence-corrected chi connectivity index (χ1v) is 8.49. The Morgan fingerprint density at radius 3 is 2.48 bits per heavy atom. The maximum atomic E-state index is 13.6. The van der Waals surface area contributed by atoms with E-state index in [0.717, 1.165) is 17.7 Å². The first-order valence-electron chi connectivity index (χ1n) is 7.01. The van der Waals surface area contributed by atoms with Crippen LogP contribution >= 0.6 is 0 Å². The summed E-state index contributed by atoms with van der Waals surface area (Å²) in [5.41, 5.74) is 0.906. The third kappa shape index (κ3) is 4.66. The molecule has 2 rings (SSSR count). The van der Waals surface area contributed by atoms with E-state index in [9.17, 15) is 22.0 Å². The van der Waals surface area contributed by atoms with E-state index in [0.29, 0.717) is 11.8 Å². The summed E-state index contributed by atoms with van der Waals surface area (Å²) >= 11 is 0. The maximum Gasteiger partial charge on any atom is 0.271 e. The highest BCUT2D eigenvalue weighted by molar-refractivity contribution is 7.90. The lowest BCUT2D eigenvalue weighted by atomic mass is 10.2. The molecule has 134 valence electrons. The van der Waals surface area contributed by atoms with Gasteiger partial charge in [-0.1, -0.05) is 6.07 Å². The lowest BCUT2D eigenvalue weighted by molar-refractivity contribution is -0.121. The van der Waals surface area contributed by atoms with Crippen molar-refractivity contribution < 1.29 is 31.5 Å². The van der Waals surface area contributed by atoms with Crippen LogP contribution in [0.15, 0.2) is 41.3 Å². The number of carbonyl (C=O) groups excluding carboxylic acids is 1. The minimum atomic E-state index is -4.49. The Kier molecular flexibility index (Phi) is 5.58. The Bertz CT molecular complexity index is 899. The zero-order valence-electron chi connectivity index (χ0n) is 13.4. The van der Waals surface area contributed by atoms with E-state index in [4.69, 9.17) is 9.47 Å². The van der Waals surface area contributed by atoms with Crippen molar-refractivity contribution >= 4 is 15.9 Å². The number of ether oxygens (including phenoxy) is 2. The fourth-order valence-electron chi connectivity index (χ4n) is 1.96. The molecule has 0 heterocycles. The van der Waals surface area contributed by atoms with E-state index in [1.54, 1.807) is 22.9 Å². The smallest absolute Gasteiger partial charge is 0.271 e. The van der Waals surface area contributed by atoms with E-state index in [1.807, 2.05) is 6.92 Å². The van der Waals surface area contributed by atoms with Crippen LogP contribution < -0.4 is 14.2 Å². The van der Waals surface area contributed by atoms with Gasteiger partial charge in [0.2, 0.25) is 0 Å². The molecule has 0 radical (unpaired) electrons. The summed E-state index contributed by atoms with van der Waals surface area (Å²) in [7, 11) is -3.07. The summed E-state index contributed by atoms with van der Waals surface area (Å²) in [6.07, 6.45) is 0. The molecule has 0 aliphatic heterocycles. The fraction of sp³-hybridized carbons (Fsp3) is 0.188. The Labute approximate surface area is 143 Å². The van der Waals surface area contributed by atoms with Crippen molar-refractivity contribution in [2.24, 2.45) is 0 Å². The number of sulfonamides is 1. The highest BCUT2D eigenvalue weighted by Gasteiger charge is 2.22. The molecule has 0 saturated heterocycles. The number of benzene rings is 2. The summed E-state index contributed by atoms with van der Waals surface area (Å²) < 4.78 is 62.3. The van der Waals surface area contributed by atoms with Crippen LogP contribution in [-0.2, 0) is 14.8 Å². The molecular formula is C16H15F2NO5S. The average molecular weight is 371 g/mol. The molecule has 0 bridgehead atoms. The van der Waals surface area contributed by atoms with Crippen LogP contribution in [0.5, 0.6) is 11.5 Å². The second-order valence-corrected chi connectivity index (χ2v) is 6.70. The van der Waals surface area contributed by atoms with Crippen molar-refractivity contribution in [1.29, 1.82) is 0 Å². The van der Waals surface area contributed by atoms with Crippen LogP contribution in [0.3, 0.4) is 0 Å². The van der Waals surface area contributed by atoms with Gasteiger partial charge in [0.1, 0.15) is 16.5 Å². The zero-order valence-corrected chi connectivity index (χ0v) is 14.2. The minimum Gasteiger partial charge on any atom is -0.493 e. The van der Waals surface area contributed by atoms with Gasteiger partial charge < -0.3 is 9.47 Å². The van der Waals surface area contributed by atoms with Gasteiger partial charge in [-0.15, -0.1) is 0 Å². The Balaban J connectivity index is 2.07. The van der Waals surface area contributed by atoms with Crippen molar-refractivity contribution in [2.45, 2.75) is 11.8 Å². The predicted molar refractivity (Wildman–Crippen MR) is 84.9 cm³/mol. The average Bonchev–Trinajstić information content (AvgIpc) is 2.52. The molecule has 25 heavy (non-hydrogen) atoms. The standard InChI is InChI=1S/C16H15F2NO5S/c1-10-3-5-13(14(7-10)23-2)24-9-16(20)19-25(21,22)15-6-4-11(17)8-12(15)18/h3-8H,9H2,1-2H3,(H,19,20). The van der Waals surface area contributed by atoms with Gasteiger partial charge in [-0.05, 0) is 36.8 Å². The molecular weight excluding hydrogens is 356 g/mol. The van der Waals surface area contributed by atoms with Gasteiger partial charge in [0.05, 0.1) is 7.11 Å². The van der Waals surface area contributed by atoms with Crippen molar-refractivity contribution in [3.63, 3.8) is 0 Å². The first kappa shape index (κ1) is 18.7. The molecule has 0 fully saturated rings. The topological polar surface area (TPSA) is 81.7 Å². The number of hydrogen-bond donors (Lipinski definition) is 1. The Morgan fingerprint density at radius 2 is 1.84 bits per heavy atom. The Hall–Kier alpha value is -2.68. The molecule has 0 saturated carbocycles. The number of carbonyl (C=O) groups is 1. The molecule has 9 heteroatoms. The summed E-state index contributed by atoms with van der Waals surface area (Å²) in [6, 6.07) is 6.88. The molecule has 6 nitrogen and oxygen atoms in total. The molecule has 1 N–H and O–H groups in total. The number of aryl methyl sites for hydroxylation is 1. The lowest BCUT2D eigenvalue weighted by Gasteiger charge is -2.12. The highest BCUT2D eigenvalue weighted by Crippen LogP contribution is 2.27. The number of hydrogen-bond acceptors (Lipinski definition) is 5. The second kappa shape index (κ2) is 7.47. The number of rotatable bonds is 6. The van der Waals surface area contributed by atoms with Crippen molar-refractivity contribution in [2.75, 3.05) is 13.7 Å². The normalized spacial score (nSPS) is 11.0. The largest absolute Gasteiger partial charge is 0.493 e. The van der Waals surface area contributed by atoms with E-state index in [2.05, 4.69) is 0 Å². The number of methoxy groups -OCH3 is 1. The van der Waals surface area contributed by atoms with Crippen LogP contribution in [0.2, 0.25) is 0 Å². The summed E-state index contributed by atoms with van der Waals surface area (Å²) in [6.45, 7) is 1.20. The van der Waals surface area contributed by atoms with E-state index >= 15 is 0 Å². The monoisotopic (exact) mass is 371 g/mol. The molecule has 0 aliphatic carbocycles. The molecule has 1 amide bonds. The SMILES string of the molecule is COc1cc(C)ccc1OCC(=O)NS(=O)(=O)c1ccc(F)cc1F. The summed E-state index contributed by atoms with van der Waals surface area (Å²) in [5, 5.41) is 0. The molecule has 0 aliphatic rings. The molecule has 0 atom stereocenters. The van der Waals surface area contributed by atoms with E-state index in [-0.39, 0.29) is 5.75 Å². The van der Waals surface area contributed by atoms with E-state index in [1.165, 1.54) is 7.11 Å². The molecule has 0 unspecified atom stereocenters. The fourth-order valence-corrected chi connectivity index (χ4v) is 3.00. The van der Waals surface area contributed by atoms with Gasteiger partial charge in [0.25, 0.3) is 15.9 Å². The van der Waals surface area contributed by atoms with Gasteiger partial charge in [0.15, 0.2) is 18.1 Å².